The van der Waals surface area contributed by atoms with Gasteiger partial charge in [0.1, 0.15) is 11.2 Å². The maximum absolute atomic E-state index is 12.7. The average molecular weight is 331 g/mol. The molecule has 2 aliphatic rings. The van der Waals surface area contributed by atoms with Gasteiger partial charge in [-0.05, 0) is 6.07 Å². The Morgan fingerprint density at radius 2 is 1.96 bits per heavy atom. The van der Waals surface area contributed by atoms with Crippen molar-refractivity contribution in [1.29, 1.82) is 0 Å². The highest BCUT2D eigenvalue weighted by molar-refractivity contribution is 6.00. The zero-order chi connectivity index (χ0) is 16.7. The summed E-state index contributed by atoms with van der Waals surface area (Å²) in [6.07, 6.45) is 1.28. The van der Waals surface area contributed by atoms with Gasteiger partial charge in [-0.2, -0.15) is 0 Å². The lowest BCUT2D eigenvalue weighted by Gasteiger charge is -2.37. The van der Waals surface area contributed by atoms with Gasteiger partial charge in [-0.1, -0.05) is 12.1 Å². The Kier molecular flexibility index (Phi) is 3.50. The van der Waals surface area contributed by atoms with Crippen LogP contribution in [0.1, 0.15) is 23.3 Å². The Balaban J connectivity index is 1.56. The monoisotopic (exact) mass is 331 g/mol. The molecule has 0 saturated carbocycles. The number of nitrogens with zero attached hydrogens (tertiary/aromatic N) is 2. The van der Waals surface area contributed by atoms with Gasteiger partial charge >= 0.3 is 0 Å². The number of likely N-dealkylation sites (tertiary alicyclic amines) is 1. The first-order valence-corrected chi connectivity index (χ1v) is 7.91. The van der Waals surface area contributed by atoms with Crippen LogP contribution in [0.25, 0.3) is 10.9 Å². The number of nitrogens with one attached hydrogen (secondary N) is 1. The van der Waals surface area contributed by atoms with Gasteiger partial charge in [-0.25, -0.2) is 0 Å². The van der Waals surface area contributed by atoms with E-state index in [2.05, 4.69) is 4.98 Å². The molecular formula is C16H17N3O5. The van der Waals surface area contributed by atoms with Crippen LogP contribution < -0.4 is 0 Å². The van der Waals surface area contributed by atoms with Crippen molar-refractivity contribution in [3.8, 4) is 0 Å². The van der Waals surface area contributed by atoms with Crippen molar-refractivity contribution in [3.63, 3.8) is 0 Å². The predicted octanol–water partition coefficient (Wildman–Crippen LogP) is 2.06. The van der Waals surface area contributed by atoms with Crippen molar-refractivity contribution in [2.24, 2.45) is 0 Å². The summed E-state index contributed by atoms with van der Waals surface area (Å²) in [5.41, 5.74) is 0.710. The minimum Gasteiger partial charge on any atom is -0.347 e. The second-order valence-corrected chi connectivity index (χ2v) is 6.08. The van der Waals surface area contributed by atoms with Crippen LogP contribution in [0.15, 0.2) is 24.3 Å². The first-order valence-electron chi connectivity index (χ1n) is 7.91. The zero-order valence-electron chi connectivity index (χ0n) is 13.0. The molecule has 1 aromatic carbocycles. The van der Waals surface area contributed by atoms with Crippen molar-refractivity contribution in [2.75, 3.05) is 26.3 Å². The van der Waals surface area contributed by atoms with Gasteiger partial charge in [0.15, 0.2) is 5.79 Å². The summed E-state index contributed by atoms with van der Waals surface area (Å²) in [5.74, 6) is -0.691. The first-order chi connectivity index (χ1) is 11.6. The summed E-state index contributed by atoms with van der Waals surface area (Å²) in [4.78, 5) is 28.0. The van der Waals surface area contributed by atoms with Crippen molar-refractivity contribution >= 4 is 22.5 Å². The number of aromatic amines is 1. The normalized spacial score (nSPS) is 19.9. The molecule has 0 atom stereocenters. The Morgan fingerprint density at radius 3 is 2.62 bits per heavy atom. The van der Waals surface area contributed by atoms with Crippen LogP contribution in [0.5, 0.6) is 0 Å². The summed E-state index contributed by atoms with van der Waals surface area (Å²) in [6, 6.07) is 6.45. The number of hydrogen-bond acceptors (Lipinski definition) is 5. The minimum absolute atomic E-state index is 0.0306. The maximum atomic E-state index is 12.7. The van der Waals surface area contributed by atoms with E-state index in [9.17, 15) is 14.9 Å². The summed E-state index contributed by atoms with van der Waals surface area (Å²) in [7, 11) is 0. The number of H-pyrrole nitrogens is 1. The van der Waals surface area contributed by atoms with E-state index in [0.717, 1.165) is 0 Å². The third-order valence-corrected chi connectivity index (χ3v) is 4.69. The number of piperidine rings is 1. The maximum Gasteiger partial charge on any atom is 0.293 e. The third-order valence-electron chi connectivity index (χ3n) is 4.69. The van der Waals surface area contributed by atoms with Crippen LogP contribution in [0.2, 0.25) is 0 Å². The number of non-ortho nitro benzene ring substituents is 1. The fourth-order valence-corrected chi connectivity index (χ4v) is 3.41. The lowest BCUT2D eigenvalue weighted by molar-refractivity contribution is -0.383. The molecular weight excluding hydrogens is 314 g/mol. The molecule has 1 N–H and O–H groups in total. The summed E-state index contributed by atoms with van der Waals surface area (Å²) < 4.78 is 11.3. The molecule has 0 bridgehead atoms. The lowest BCUT2D eigenvalue weighted by atomic mass is 10.0. The number of fused-ring (bicyclic) bond motifs is 1. The molecule has 0 unspecified atom stereocenters. The van der Waals surface area contributed by atoms with Crippen LogP contribution in [0.3, 0.4) is 0 Å². The fraction of sp³-hybridized carbons (Fsp3) is 0.438. The molecule has 2 aromatic rings. The number of aromatic nitrogens is 1. The molecule has 8 heteroatoms. The molecule has 126 valence electrons. The number of para-hydroxylation sites is 1. The number of rotatable bonds is 2. The number of nitro groups is 1. The molecule has 3 heterocycles. The smallest absolute Gasteiger partial charge is 0.293 e. The summed E-state index contributed by atoms with van der Waals surface area (Å²) in [6.45, 7) is 2.27. The summed E-state index contributed by atoms with van der Waals surface area (Å²) in [5, 5.41) is 11.8. The van der Waals surface area contributed by atoms with E-state index < -0.39 is 10.7 Å². The van der Waals surface area contributed by atoms with E-state index >= 15 is 0 Å². The molecule has 24 heavy (non-hydrogen) atoms. The van der Waals surface area contributed by atoms with E-state index in [1.54, 1.807) is 23.1 Å². The second kappa shape index (κ2) is 5.57. The van der Waals surface area contributed by atoms with Crippen molar-refractivity contribution in [3.05, 3.63) is 40.1 Å². The van der Waals surface area contributed by atoms with Gasteiger partial charge in [0.25, 0.3) is 11.6 Å². The Morgan fingerprint density at radius 1 is 1.25 bits per heavy atom. The Labute approximate surface area is 137 Å². The van der Waals surface area contributed by atoms with E-state index in [1.807, 2.05) is 0 Å². The van der Waals surface area contributed by atoms with E-state index in [0.29, 0.717) is 55.7 Å². The molecule has 1 amide bonds. The van der Waals surface area contributed by atoms with Crippen LogP contribution in [-0.2, 0) is 9.47 Å². The fourth-order valence-electron chi connectivity index (χ4n) is 3.41. The van der Waals surface area contributed by atoms with Crippen molar-refractivity contribution < 1.29 is 19.2 Å². The number of amides is 1. The van der Waals surface area contributed by atoms with E-state index in [4.69, 9.17) is 9.47 Å². The van der Waals surface area contributed by atoms with Gasteiger partial charge in [0, 0.05) is 37.4 Å². The number of hydrogen-bond donors (Lipinski definition) is 1. The van der Waals surface area contributed by atoms with E-state index in [1.165, 1.54) is 6.07 Å². The topological polar surface area (TPSA) is 97.7 Å². The number of ether oxygens (including phenoxy) is 2. The molecule has 8 nitrogen and oxygen atoms in total. The van der Waals surface area contributed by atoms with Gasteiger partial charge < -0.3 is 19.4 Å². The highest BCUT2D eigenvalue weighted by Crippen LogP contribution is 2.32. The quantitative estimate of drug-likeness (QED) is 0.671. The predicted molar refractivity (Wildman–Crippen MR) is 84.7 cm³/mol. The lowest BCUT2D eigenvalue weighted by Crippen LogP contribution is -2.47. The van der Waals surface area contributed by atoms with Crippen LogP contribution in [0, 0.1) is 10.1 Å². The molecule has 1 aromatic heterocycles. The Hall–Kier alpha value is -2.45. The molecule has 2 aliphatic heterocycles. The molecule has 4 rings (SSSR count). The van der Waals surface area contributed by atoms with Gasteiger partial charge in [0.2, 0.25) is 0 Å². The SMILES string of the molecule is O=C(c1cc2cccc([N+](=O)[O-])c2[nH]1)N1CCC2(CC1)OCCO2. The second-order valence-electron chi connectivity index (χ2n) is 6.08. The molecule has 2 fully saturated rings. The van der Waals surface area contributed by atoms with Crippen LogP contribution >= 0.6 is 0 Å². The number of benzene rings is 1. The van der Waals surface area contributed by atoms with Gasteiger partial charge in [-0.3, -0.25) is 14.9 Å². The minimum atomic E-state index is -0.532. The molecule has 1 spiro atoms. The molecule has 0 radical (unpaired) electrons. The highest BCUT2D eigenvalue weighted by Gasteiger charge is 2.41. The highest BCUT2D eigenvalue weighted by atomic mass is 16.7. The van der Waals surface area contributed by atoms with Crippen molar-refractivity contribution in [2.45, 2.75) is 18.6 Å². The van der Waals surface area contributed by atoms with Crippen molar-refractivity contribution in [1.82, 2.24) is 9.88 Å². The number of carbonyl (C=O) groups excluding carboxylic acids is 1. The molecule has 2 saturated heterocycles. The van der Waals surface area contributed by atoms with Crippen LogP contribution in [-0.4, -0.2) is 52.8 Å². The largest absolute Gasteiger partial charge is 0.347 e. The number of carbonyl (C=O) groups is 1. The standard InChI is InChI=1S/C16H17N3O5/c20-15(18-6-4-16(5-7-18)23-8-9-24-16)12-10-11-2-1-3-13(19(21)22)14(11)17-12/h1-3,10,17H,4-9H2. The molecule has 0 aliphatic carbocycles. The summed E-state index contributed by atoms with van der Waals surface area (Å²) >= 11 is 0. The Bertz CT molecular complexity index is 799. The first kappa shape index (κ1) is 15.1. The van der Waals surface area contributed by atoms with Crippen LogP contribution in [0.4, 0.5) is 5.69 Å². The third kappa shape index (κ3) is 2.44. The average Bonchev–Trinajstić information content (AvgIpc) is 3.21. The number of nitro benzene ring substituents is 1. The van der Waals surface area contributed by atoms with Gasteiger partial charge in [-0.15, -0.1) is 0 Å². The zero-order valence-corrected chi connectivity index (χ0v) is 13.0. The van der Waals surface area contributed by atoms with Gasteiger partial charge in [0.05, 0.1) is 18.1 Å². The van der Waals surface area contributed by atoms with E-state index in [-0.39, 0.29) is 11.6 Å².